The van der Waals surface area contributed by atoms with Gasteiger partial charge in [-0.3, -0.25) is 52.9 Å². The van der Waals surface area contributed by atoms with Crippen molar-refractivity contribution in [1.82, 2.24) is 52.8 Å². The van der Waals surface area contributed by atoms with E-state index in [1.165, 1.54) is 6.92 Å². The number of nitrogens with two attached hydrogens (primary N) is 3. The van der Waals surface area contributed by atoms with Gasteiger partial charge in [0.1, 0.15) is 30.2 Å². The van der Waals surface area contributed by atoms with Crippen LogP contribution in [0.3, 0.4) is 0 Å². The van der Waals surface area contributed by atoms with Crippen LogP contribution in [0.25, 0.3) is 10.9 Å². The zero-order valence-corrected chi connectivity index (χ0v) is 36.2. The summed E-state index contributed by atoms with van der Waals surface area (Å²) in [5.74, 6) is -8.42. The van der Waals surface area contributed by atoms with E-state index in [9.17, 15) is 47.9 Å². The molecule has 1 fully saturated rings. The van der Waals surface area contributed by atoms with Crippen LogP contribution in [0.1, 0.15) is 43.7 Å². The molecule has 1 aliphatic rings. The minimum absolute atomic E-state index is 0.0300. The molecule has 0 spiro atoms. The Bertz CT molecular complexity index is 2280. The van der Waals surface area contributed by atoms with Gasteiger partial charge >= 0.3 is 0 Å². The summed E-state index contributed by atoms with van der Waals surface area (Å²) >= 11 is 0. The first kappa shape index (κ1) is 50.6. The van der Waals surface area contributed by atoms with Crippen molar-refractivity contribution in [3.63, 3.8) is 0 Å². The standard InChI is InChI=1S/C42H56N14O10/c1-23(57)47-21-35(60)53-31-19-49-33(58)13-14-34(59)50-20-32(41(66)55-29(37(43)62)17-25-18-48-27-11-6-5-10-26(25)27)56-39(64)28(12-7-15-46-42(44)45)54-40(65)30(16-24-8-3-2-4-9-24)52-36(61)22-51-38(31)63/h2-6,8-11,18,28-32,48H,7,12-17,19-22H2,1H3,(H2,43,62)(H,47,57)(H,49,58)(H,50,59)(H,51,63)(H,52,61)(H,53,60)(H,54,65)(H,55,66)(H,56,64)(H4,44,45,46)/t28-,29-,30?,31?,32?/m0/s1. The van der Waals surface area contributed by atoms with Crippen molar-refractivity contribution in [2.45, 2.75) is 75.7 Å². The molecule has 3 unspecified atom stereocenters. The lowest BCUT2D eigenvalue weighted by molar-refractivity contribution is -0.134. The third-order valence-corrected chi connectivity index (χ3v) is 10.1. The highest BCUT2D eigenvalue weighted by molar-refractivity contribution is 5.97. The molecule has 10 amide bonds. The van der Waals surface area contributed by atoms with Gasteiger partial charge in [-0.05, 0) is 30.0 Å². The monoisotopic (exact) mass is 916 g/mol. The molecule has 24 nitrogen and oxygen atoms in total. The summed E-state index contributed by atoms with van der Waals surface area (Å²) in [6.07, 6.45) is 0.658. The van der Waals surface area contributed by atoms with Gasteiger partial charge in [0, 0.05) is 69.3 Å². The van der Waals surface area contributed by atoms with Crippen molar-refractivity contribution in [1.29, 1.82) is 0 Å². The number of carbonyl (C=O) groups is 10. The Hall–Kier alpha value is -8.05. The third kappa shape index (κ3) is 16.9. The summed E-state index contributed by atoms with van der Waals surface area (Å²) < 4.78 is 0. The van der Waals surface area contributed by atoms with Crippen LogP contribution in [0.5, 0.6) is 0 Å². The van der Waals surface area contributed by atoms with Crippen LogP contribution in [-0.2, 0) is 60.8 Å². The molecule has 3 aromatic rings. The molecular weight excluding hydrogens is 861 g/mol. The molecule has 354 valence electrons. The fourth-order valence-corrected chi connectivity index (χ4v) is 6.63. The Labute approximate surface area is 378 Å². The highest BCUT2D eigenvalue weighted by Crippen LogP contribution is 2.19. The molecule has 0 radical (unpaired) electrons. The first-order chi connectivity index (χ1) is 31.5. The van der Waals surface area contributed by atoms with Gasteiger partial charge in [0.25, 0.3) is 0 Å². The van der Waals surface area contributed by atoms with Gasteiger partial charge in [0.05, 0.1) is 13.1 Å². The SMILES string of the molecule is CC(=O)NCC(=O)NC1CNC(=O)CCC(=O)NCC(C(=O)N[C@@H](Cc2c[nH]c3ccccc23)C(N)=O)NC(=O)[C@H](CCCN=C(N)N)NC(=O)C(Cc2ccccc2)NC(=O)CNC1=O. The molecule has 1 saturated heterocycles. The number of aliphatic imine (C=N–C) groups is 1. The van der Waals surface area contributed by atoms with Crippen molar-refractivity contribution >= 4 is 75.9 Å². The minimum atomic E-state index is -1.59. The Morgan fingerprint density at radius 3 is 2.12 bits per heavy atom. The first-order valence-corrected chi connectivity index (χ1v) is 21.0. The summed E-state index contributed by atoms with van der Waals surface area (Å²) in [4.78, 5) is 139. The lowest BCUT2D eigenvalue weighted by Crippen LogP contribution is -2.61. The number of aromatic nitrogens is 1. The molecule has 1 aliphatic heterocycles. The lowest BCUT2D eigenvalue weighted by atomic mass is 10.0. The van der Waals surface area contributed by atoms with E-state index in [2.05, 4.69) is 57.8 Å². The number of aromatic amines is 1. The first-order valence-electron chi connectivity index (χ1n) is 21.0. The number of benzene rings is 2. The molecule has 2 aromatic carbocycles. The number of amides is 10. The second kappa shape index (κ2) is 25.3. The third-order valence-electron chi connectivity index (χ3n) is 10.1. The van der Waals surface area contributed by atoms with Crippen LogP contribution in [0.4, 0.5) is 0 Å². The second-order valence-electron chi connectivity index (χ2n) is 15.3. The quantitative estimate of drug-likeness (QED) is 0.0412. The van der Waals surface area contributed by atoms with Crippen LogP contribution < -0.4 is 65.1 Å². The fraction of sp³-hybridized carbons (Fsp3) is 0.405. The Morgan fingerprint density at radius 1 is 0.773 bits per heavy atom. The highest BCUT2D eigenvalue weighted by atomic mass is 16.2. The number of guanidine groups is 1. The van der Waals surface area contributed by atoms with Gasteiger partial charge in [0.15, 0.2) is 5.96 Å². The normalized spacial score (nSPS) is 19.7. The zero-order chi connectivity index (χ0) is 48.2. The van der Waals surface area contributed by atoms with Crippen LogP contribution in [0, 0.1) is 0 Å². The Balaban J connectivity index is 1.66. The molecule has 66 heavy (non-hydrogen) atoms. The number of nitrogens with one attached hydrogen (secondary N) is 10. The largest absolute Gasteiger partial charge is 0.370 e. The van der Waals surface area contributed by atoms with E-state index < -0.39 is 128 Å². The van der Waals surface area contributed by atoms with Crippen molar-refractivity contribution in [2.24, 2.45) is 22.2 Å². The minimum Gasteiger partial charge on any atom is -0.370 e. The summed E-state index contributed by atoms with van der Waals surface area (Å²) in [5.41, 5.74) is 18.7. The Morgan fingerprint density at radius 2 is 1.44 bits per heavy atom. The van der Waals surface area contributed by atoms with Gasteiger partial charge < -0.3 is 70.0 Å². The van der Waals surface area contributed by atoms with E-state index >= 15 is 0 Å². The van der Waals surface area contributed by atoms with Crippen LogP contribution in [-0.4, -0.2) is 133 Å². The number of rotatable bonds is 14. The van der Waals surface area contributed by atoms with Crippen molar-refractivity contribution < 1.29 is 47.9 Å². The van der Waals surface area contributed by atoms with E-state index in [0.29, 0.717) is 11.1 Å². The molecule has 2 heterocycles. The molecule has 16 N–H and O–H groups in total. The van der Waals surface area contributed by atoms with E-state index in [4.69, 9.17) is 17.2 Å². The second-order valence-corrected chi connectivity index (χ2v) is 15.3. The van der Waals surface area contributed by atoms with Gasteiger partial charge in [-0.15, -0.1) is 0 Å². The van der Waals surface area contributed by atoms with Gasteiger partial charge in [0.2, 0.25) is 59.1 Å². The summed E-state index contributed by atoms with van der Waals surface area (Å²) in [7, 11) is 0. The van der Waals surface area contributed by atoms with Crippen LogP contribution in [0.15, 0.2) is 65.8 Å². The van der Waals surface area contributed by atoms with Gasteiger partial charge in [-0.1, -0.05) is 48.5 Å². The summed E-state index contributed by atoms with van der Waals surface area (Å²) in [6.45, 7) is -1.09. The topological polar surface area (TPSA) is 385 Å². The van der Waals surface area contributed by atoms with Crippen molar-refractivity contribution in [2.75, 3.05) is 32.7 Å². The van der Waals surface area contributed by atoms with Gasteiger partial charge in [-0.2, -0.15) is 0 Å². The molecule has 4 rings (SSSR count). The average molecular weight is 917 g/mol. The predicted octanol–water partition coefficient (Wildman–Crippen LogP) is -4.81. The molecule has 5 atom stereocenters. The smallest absolute Gasteiger partial charge is 0.245 e. The zero-order valence-electron chi connectivity index (χ0n) is 36.2. The van der Waals surface area contributed by atoms with E-state index in [1.54, 1.807) is 42.6 Å². The van der Waals surface area contributed by atoms with E-state index in [0.717, 1.165) is 10.9 Å². The number of para-hydroxylation sites is 1. The van der Waals surface area contributed by atoms with Crippen LogP contribution in [0.2, 0.25) is 0 Å². The molecule has 1 aromatic heterocycles. The predicted molar refractivity (Wildman–Crippen MR) is 238 cm³/mol. The molecule has 0 aliphatic carbocycles. The number of hydrogen-bond donors (Lipinski definition) is 13. The summed E-state index contributed by atoms with van der Waals surface area (Å²) in [5, 5.41) is 23.0. The molecule has 24 heteroatoms. The number of H-pyrrole nitrogens is 1. The lowest BCUT2D eigenvalue weighted by Gasteiger charge is -2.26. The number of fused-ring (bicyclic) bond motifs is 1. The maximum absolute atomic E-state index is 14.2. The van der Waals surface area contributed by atoms with Crippen molar-refractivity contribution in [3.05, 3.63) is 71.9 Å². The molecular formula is C42H56N14O10. The van der Waals surface area contributed by atoms with Crippen LogP contribution >= 0.6 is 0 Å². The highest BCUT2D eigenvalue weighted by Gasteiger charge is 2.32. The van der Waals surface area contributed by atoms with E-state index in [-0.39, 0.29) is 38.2 Å². The molecule has 0 saturated carbocycles. The Kier molecular flexibility index (Phi) is 19.4. The number of primary amides is 1. The number of carbonyl (C=O) groups excluding carboxylic acids is 10. The number of nitrogens with zero attached hydrogens (tertiary/aromatic N) is 1. The maximum atomic E-state index is 14.2. The average Bonchev–Trinajstić information content (AvgIpc) is 3.69. The summed E-state index contributed by atoms with van der Waals surface area (Å²) in [6, 6.07) is 8.65. The van der Waals surface area contributed by atoms with Crippen molar-refractivity contribution in [3.8, 4) is 0 Å². The maximum Gasteiger partial charge on any atom is 0.245 e. The fourth-order valence-electron chi connectivity index (χ4n) is 6.63. The molecule has 0 bridgehead atoms. The van der Waals surface area contributed by atoms with Gasteiger partial charge in [-0.25, -0.2) is 0 Å². The number of hydrogen-bond acceptors (Lipinski definition) is 11. The van der Waals surface area contributed by atoms with E-state index in [1.807, 2.05) is 18.2 Å².